The van der Waals surface area contributed by atoms with Crippen molar-refractivity contribution in [3.05, 3.63) is 170 Å². The first-order valence-electron chi connectivity index (χ1n) is 18.0. The van der Waals surface area contributed by atoms with Crippen LogP contribution in [-0.2, 0) is 0 Å². The highest BCUT2D eigenvalue weighted by Crippen LogP contribution is 2.46. The minimum atomic E-state index is -0.231. The molecule has 0 aliphatic rings. The lowest BCUT2D eigenvalue weighted by Crippen LogP contribution is -1.92. The van der Waals surface area contributed by atoms with Gasteiger partial charge in [-0.05, 0) is 90.2 Å². The molecule has 0 aliphatic heterocycles. The van der Waals surface area contributed by atoms with Gasteiger partial charge in [0.25, 0.3) is 0 Å². The van der Waals surface area contributed by atoms with Gasteiger partial charge in [-0.3, -0.25) is 0 Å². The Balaban J connectivity index is 1.43. The van der Waals surface area contributed by atoms with E-state index in [4.69, 9.17) is 7.16 Å². The van der Waals surface area contributed by atoms with Crippen molar-refractivity contribution in [2.75, 3.05) is 0 Å². The van der Waals surface area contributed by atoms with Crippen molar-refractivity contribution in [3.8, 4) is 44.5 Å². The summed E-state index contributed by atoms with van der Waals surface area (Å²) >= 11 is 0. The number of benzene rings is 8. The van der Waals surface area contributed by atoms with Gasteiger partial charge in [-0.1, -0.05) is 146 Å². The van der Waals surface area contributed by atoms with Gasteiger partial charge in [0.05, 0.1) is 8.22 Å². The van der Waals surface area contributed by atoms with Crippen molar-refractivity contribution < 1.29 is 12.6 Å². The number of hydrogen-bond acceptors (Lipinski definition) is 1. The van der Waals surface area contributed by atoms with E-state index in [9.17, 15) is 5.48 Å². The second-order valence-electron chi connectivity index (χ2n) is 11.1. The molecule has 1 heterocycles. The Bertz CT molecular complexity index is 2800. The highest BCUT2D eigenvalue weighted by molar-refractivity contribution is 6.23. The molecule has 0 aliphatic carbocycles. The zero-order valence-corrected chi connectivity index (χ0v) is 24.1. The van der Waals surface area contributed by atoms with Crippen LogP contribution in [0.15, 0.2) is 174 Å². The number of rotatable bonds is 4. The molecule has 1 heteroatoms. The molecule has 45 heavy (non-hydrogen) atoms. The molecule has 0 fully saturated rings. The monoisotopic (exact) mass is 578 g/mol. The molecule has 0 amide bonds. The van der Waals surface area contributed by atoms with E-state index in [-0.39, 0.29) is 69.3 Å². The highest BCUT2D eigenvalue weighted by atomic mass is 16.3. The fourth-order valence-electron chi connectivity index (χ4n) is 6.53. The van der Waals surface area contributed by atoms with Gasteiger partial charge in [-0.25, -0.2) is 0 Å². The third kappa shape index (κ3) is 4.17. The maximum absolute atomic E-state index is 9.77. The first-order chi connectivity index (χ1) is 24.9. The molecule has 9 aromatic rings. The number of fused-ring (bicyclic) bond motifs is 5. The van der Waals surface area contributed by atoms with Crippen molar-refractivity contribution in [2.45, 2.75) is 0 Å². The Labute approximate surface area is 270 Å². The van der Waals surface area contributed by atoms with Crippen LogP contribution in [0.1, 0.15) is 8.22 Å². The molecule has 1 nitrogen and oxygen atoms in total. The van der Waals surface area contributed by atoms with Gasteiger partial charge in [0.1, 0.15) is 11.2 Å². The molecule has 0 spiro atoms. The van der Waals surface area contributed by atoms with Gasteiger partial charge in [0.15, 0.2) is 0 Å². The molecule has 8 aromatic carbocycles. The normalized spacial score (nSPS) is 13.4. The van der Waals surface area contributed by atoms with E-state index in [1.165, 1.54) is 0 Å². The van der Waals surface area contributed by atoms with Crippen LogP contribution in [0.5, 0.6) is 0 Å². The van der Waals surface area contributed by atoms with E-state index < -0.39 is 0 Å². The smallest absolute Gasteiger partial charge is 0.135 e. The first kappa shape index (κ1) is 20.1. The maximum atomic E-state index is 9.77. The van der Waals surface area contributed by atoms with Crippen LogP contribution in [0.2, 0.25) is 0 Å². The third-order valence-electron chi connectivity index (χ3n) is 8.54. The average molecular weight is 579 g/mol. The molecule has 0 unspecified atom stereocenters. The molecule has 0 atom stereocenters. The summed E-state index contributed by atoms with van der Waals surface area (Å²) in [5.74, 6) is 0. The van der Waals surface area contributed by atoms with E-state index in [0.29, 0.717) is 11.1 Å². The molecule has 0 saturated heterocycles. The fraction of sp³-hybridized carbons (Fsp3) is 0. The SMILES string of the molecule is [2H]c1c(-c2ccccc2)c([2H])c2c(oc3c([2H])c([2H])c(-c4c5ccccc5c(-c5ccccc5-c5ccccc5)c5ccccc45)c([2H])c32)c1[2H]. The second-order valence-corrected chi connectivity index (χ2v) is 11.1. The van der Waals surface area contributed by atoms with Crippen molar-refractivity contribution in [1.29, 1.82) is 0 Å². The largest absolute Gasteiger partial charge is 0.456 e. The predicted octanol–water partition coefficient (Wildman–Crippen LogP) is 12.6. The summed E-state index contributed by atoms with van der Waals surface area (Å²) in [5, 5.41) is 3.94. The minimum Gasteiger partial charge on any atom is -0.456 e. The predicted molar refractivity (Wildman–Crippen MR) is 190 cm³/mol. The van der Waals surface area contributed by atoms with Crippen LogP contribution in [0.25, 0.3) is 88.0 Å². The fourth-order valence-corrected chi connectivity index (χ4v) is 6.53. The molecule has 9 rings (SSSR count). The first-order valence-corrected chi connectivity index (χ1v) is 15.0. The van der Waals surface area contributed by atoms with E-state index in [2.05, 4.69) is 36.4 Å². The quantitative estimate of drug-likeness (QED) is 0.189. The van der Waals surface area contributed by atoms with Crippen molar-refractivity contribution in [2.24, 2.45) is 0 Å². The Kier molecular flexibility index (Phi) is 4.63. The zero-order chi connectivity index (χ0) is 35.0. The zero-order valence-electron chi connectivity index (χ0n) is 30.1. The molecular formula is C44H28O. The summed E-state index contributed by atoms with van der Waals surface area (Å²) in [4.78, 5) is 0. The van der Waals surface area contributed by atoms with E-state index in [1.54, 1.807) is 12.1 Å². The van der Waals surface area contributed by atoms with Gasteiger partial charge in [-0.15, -0.1) is 0 Å². The molecule has 0 saturated carbocycles. The molecular weight excluding hydrogens is 544 g/mol. The van der Waals surface area contributed by atoms with Crippen LogP contribution in [-0.4, -0.2) is 0 Å². The summed E-state index contributed by atoms with van der Waals surface area (Å²) in [5.41, 5.74) is 5.98. The van der Waals surface area contributed by atoms with Crippen LogP contribution < -0.4 is 0 Å². The average Bonchev–Trinajstić information content (AvgIpc) is 3.59. The molecule has 1 aromatic heterocycles. The van der Waals surface area contributed by atoms with E-state index >= 15 is 0 Å². The minimum absolute atomic E-state index is 0.0270. The topological polar surface area (TPSA) is 13.1 Å². The van der Waals surface area contributed by atoms with Crippen LogP contribution in [0, 0.1) is 0 Å². The second kappa shape index (κ2) is 10.4. The molecule has 0 bridgehead atoms. The molecule has 210 valence electrons. The molecule has 0 N–H and O–H groups in total. The van der Waals surface area contributed by atoms with E-state index in [1.807, 2.05) is 84.9 Å². The van der Waals surface area contributed by atoms with Crippen molar-refractivity contribution in [3.63, 3.8) is 0 Å². The molecule has 0 radical (unpaired) electrons. The lowest BCUT2D eigenvalue weighted by Gasteiger charge is -2.19. The van der Waals surface area contributed by atoms with E-state index in [0.717, 1.165) is 43.8 Å². The summed E-state index contributed by atoms with van der Waals surface area (Å²) < 4.78 is 61.4. The summed E-state index contributed by atoms with van der Waals surface area (Å²) in [6.07, 6.45) is 0. The summed E-state index contributed by atoms with van der Waals surface area (Å²) in [6.45, 7) is 0. The highest BCUT2D eigenvalue weighted by Gasteiger charge is 2.19. The number of furan rings is 1. The maximum Gasteiger partial charge on any atom is 0.135 e. The van der Waals surface area contributed by atoms with Gasteiger partial charge in [-0.2, -0.15) is 0 Å². The lowest BCUT2D eigenvalue weighted by atomic mass is 9.83. The van der Waals surface area contributed by atoms with Gasteiger partial charge >= 0.3 is 0 Å². The van der Waals surface area contributed by atoms with Crippen LogP contribution >= 0.6 is 0 Å². The Morgan fingerprint density at radius 1 is 0.333 bits per heavy atom. The van der Waals surface area contributed by atoms with Gasteiger partial charge < -0.3 is 4.42 Å². The van der Waals surface area contributed by atoms with Crippen molar-refractivity contribution in [1.82, 2.24) is 0 Å². The van der Waals surface area contributed by atoms with Gasteiger partial charge in [0.2, 0.25) is 0 Å². The third-order valence-corrected chi connectivity index (χ3v) is 8.54. The summed E-state index contributed by atoms with van der Waals surface area (Å²) in [6, 6.07) is 42.8. The van der Waals surface area contributed by atoms with Crippen LogP contribution in [0.4, 0.5) is 0 Å². The Morgan fingerprint density at radius 3 is 1.38 bits per heavy atom. The van der Waals surface area contributed by atoms with Crippen LogP contribution in [0.3, 0.4) is 0 Å². The summed E-state index contributed by atoms with van der Waals surface area (Å²) in [7, 11) is 0. The van der Waals surface area contributed by atoms with Gasteiger partial charge in [0, 0.05) is 10.8 Å². The Hall–Kier alpha value is -5.92. The lowest BCUT2D eigenvalue weighted by molar-refractivity contribution is 0.669. The standard InChI is InChI=1S/C44H28O/c1-3-13-29(14-4-1)31-23-25-41-39(27-31)40-28-32(24-26-42(40)45-41)43-35-19-9-11-21-37(35)44(38-22-12-10-20-36(38)43)34-18-8-7-17-33(34)30-15-5-2-6-16-30/h1-28H/i23D,24D,25D,26D,27D,28D. The number of hydrogen-bond donors (Lipinski definition) is 0. The Morgan fingerprint density at radius 2 is 0.778 bits per heavy atom. The van der Waals surface area contributed by atoms with Crippen molar-refractivity contribution >= 4 is 43.5 Å².